The van der Waals surface area contributed by atoms with Gasteiger partial charge in [0.05, 0.1) is 6.61 Å². The summed E-state index contributed by atoms with van der Waals surface area (Å²) in [6.45, 7) is 2.04. The molecule has 1 aromatic carbocycles. The normalized spacial score (nSPS) is 9.38. The third-order valence-electron chi connectivity index (χ3n) is 1.59. The van der Waals surface area contributed by atoms with Gasteiger partial charge in [-0.1, -0.05) is 15.9 Å². The van der Waals surface area contributed by atoms with Crippen LogP contribution in [0.25, 0.3) is 0 Å². The molecule has 0 aliphatic rings. The Kier molecular flexibility index (Phi) is 5.21. The maximum atomic E-state index is 11.0. The number of thiocarbonyl (C=S) groups is 1. The van der Waals surface area contributed by atoms with E-state index in [0.29, 0.717) is 6.61 Å². The second kappa shape index (κ2) is 6.44. The predicted octanol–water partition coefficient (Wildman–Crippen LogP) is 2.89. The molecule has 0 unspecified atom stereocenters. The Morgan fingerprint density at radius 3 is 2.62 bits per heavy atom. The minimum Gasteiger partial charge on any atom is -0.450 e. The Balaban J connectivity index is 2.45. The van der Waals surface area contributed by atoms with Crippen molar-refractivity contribution < 1.29 is 9.53 Å². The van der Waals surface area contributed by atoms with E-state index in [0.717, 1.165) is 10.2 Å². The molecule has 86 valence electrons. The van der Waals surface area contributed by atoms with E-state index < -0.39 is 6.09 Å². The number of rotatable bonds is 2. The Labute approximate surface area is 107 Å². The van der Waals surface area contributed by atoms with Gasteiger partial charge in [0.15, 0.2) is 5.11 Å². The van der Waals surface area contributed by atoms with Crippen LogP contribution in [-0.2, 0) is 4.74 Å². The van der Waals surface area contributed by atoms with Gasteiger partial charge in [-0.05, 0) is 43.4 Å². The fraction of sp³-hybridized carbons (Fsp3) is 0.200. The molecule has 6 heteroatoms. The lowest BCUT2D eigenvalue weighted by molar-refractivity contribution is 0.158. The van der Waals surface area contributed by atoms with Crippen LogP contribution in [0.1, 0.15) is 6.92 Å². The minimum absolute atomic E-state index is 0.209. The summed E-state index contributed by atoms with van der Waals surface area (Å²) in [4.78, 5) is 11.0. The summed E-state index contributed by atoms with van der Waals surface area (Å²) in [7, 11) is 0. The molecule has 0 heterocycles. The number of halogens is 1. The van der Waals surface area contributed by atoms with E-state index in [9.17, 15) is 4.79 Å². The van der Waals surface area contributed by atoms with Crippen molar-refractivity contribution in [1.82, 2.24) is 5.32 Å². The first-order valence-electron chi connectivity index (χ1n) is 4.62. The van der Waals surface area contributed by atoms with Gasteiger partial charge in [-0.3, -0.25) is 5.32 Å². The van der Waals surface area contributed by atoms with Crippen molar-refractivity contribution in [3.05, 3.63) is 28.7 Å². The lowest BCUT2D eigenvalue weighted by Gasteiger charge is -2.09. The zero-order valence-electron chi connectivity index (χ0n) is 8.62. The Hall–Kier alpha value is -1.14. The fourth-order valence-corrected chi connectivity index (χ4v) is 1.42. The summed E-state index contributed by atoms with van der Waals surface area (Å²) in [6, 6.07) is 7.41. The summed E-state index contributed by atoms with van der Waals surface area (Å²) in [5.41, 5.74) is 0.796. The molecule has 0 fully saturated rings. The van der Waals surface area contributed by atoms with E-state index in [1.54, 1.807) is 6.92 Å². The van der Waals surface area contributed by atoms with Gasteiger partial charge < -0.3 is 10.1 Å². The molecule has 0 radical (unpaired) electrons. The lowest BCUT2D eigenvalue weighted by Crippen LogP contribution is -2.34. The third kappa shape index (κ3) is 4.59. The van der Waals surface area contributed by atoms with Crippen LogP contribution in [0, 0.1) is 0 Å². The van der Waals surface area contributed by atoms with Crippen molar-refractivity contribution >= 4 is 45.0 Å². The van der Waals surface area contributed by atoms with Crippen LogP contribution in [0.15, 0.2) is 28.7 Å². The number of amides is 1. The number of hydrogen-bond acceptors (Lipinski definition) is 3. The number of ether oxygens (including phenoxy) is 1. The summed E-state index contributed by atoms with van der Waals surface area (Å²) >= 11 is 8.25. The van der Waals surface area contributed by atoms with Crippen molar-refractivity contribution in [2.24, 2.45) is 0 Å². The average molecular weight is 303 g/mol. The quantitative estimate of drug-likeness (QED) is 0.825. The zero-order chi connectivity index (χ0) is 12.0. The molecule has 2 N–H and O–H groups in total. The Bertz CT molecular complexity index is 381. The molecule has 0 saturated carbocycles. The van der Waals surface area contributed by atoms with Crippen molar-refractivity contribution in [2.45, 2.75) is 6.92 Å². The number of carbonyl (C=O) groups is 1. The number of benzene rings is 1. The Morgan fingerprint density at radius 2 is 2.06 bits per heavy atom. The van der Waals surface area contributed by atoms with Gasteiger partial charge in [-0.25, -0.2) is 4.79 Å². The van der Waals surface area contributed by atoms with E-state index in [2.05, 4.69) is 31.3 Å². The van der Waals surface area contributed by atoms with Crippen molar-refractivity contribution in [2.75, 3.05) is 11.9 Å². The summed E-state index contributed by atoms with van der Waals surface area (Å²) in [6.07, 6.45) is -0.558. The van der Waals surface area contributed by atoms with Crippen LogP contribution < -0.4 is 10.6 Å². The van der Waals surface area contributed by atoms with Crippen LogP contribution in [-0.4, -0.2) is 17.8 Å². The molecule has 0 aliphatic heterocycles. The molecular weight excluding hydrogens is 292 g/mol. The summed E-state index contributed by atoms with van der Waals surface area (Å²) in [5, 5.41) is 5.46. The molecule has 0 atom stereocenters. The highest BCUT2D eigenvalue weighted by Crippen LogP contribution is 2.13. The topological polar surface area (TPSA) is 50.4 Å². The molecular formula is C10H11BrN2O2S. The smallest absolute Gasteiger partial charge is 0.413 e. The highest BCUT2D eigenvalue weighted by atomic mass is 79.9. The van der Waals surface area contributed by atoms with E-state index in [-0.39, 0.29) is 5.11 Å². The highest BCUT2D eigenvalue weighted by molar-refractivity contribution is 9.10. The maximum Gasteiger partial charge on any atom is 0.413 e. The summed E-state index contributed by atoms with van der Waals surface area (Å²) in [5.74, 6) is 0. The molecule has 1 rings (SSSR count). The molecule has 16 heavy (non-hydrogen) atoms. The molecule has 0 spiro atoms. The first-order chi connectivity index (χ1) is 7.61. The maximum absolute atomic E-state index is 11.0. The number of nitrogens with one attached hydrogen (secondary N) is 2. The zero-order valence-corrected chi connectivity index (χ0v) is 11.0. The number of hydrogen-bond donors (Lipinski definition) is 2. The highest BCUT2D eigenvalue weighted by Gasteiger charge is 2.04. The Morgan fingerprint density at radius 1 is 1.44 bits per heavy atom. The molecule has 1 amide bonds. The first kappa shape index (κ1) is 12.9. The van der Waals surface area contributed by atoms with Crippen molar-refractivity contribution in [3.63, 3.8) is 0 Å². The van der Waals surface area contributed by atoms with Crippen molar-refractivity contribution in [3.8, 4) is 0 Å². The number of alkyl carbamates (subject to hydrolysis) is 1. The van der Waals surface area contributed by atoms with Crippen LogP contribution in [0.2, 0.25) is 0 Å². The van der Waals surface area contributed by atoms with Crippen molar-refractivity contribution in [1.29, 1.82) is 0 Å². The van der Waals surface area contributed by atoms with Gasteiger partial charge in [0, 0.05) is 10.2 Å². The predicted molar refractivity (Wildman–Crippen MR) is 70.5 cm³/mol. The van der Waals surface area contributed by atoms with E-state index >= 15 is 0 Å². The molecule has 0 aromatic heterocycles. The van der Waals surface area contributed by atoms with Gasteiger partial charge in [-0.2, -0.15) is 0 Å². The van der Waals surface area contributed by atoms with E-state index in [1.165, 1.54) is 0 Å². The van der Waals surface area contributed by atoms with Gasteiger partial charge >= 0.3 is 6.09 Å². The number of carbonyl (C=O) groups excluding carboxylic acids is 1. The largest absolute Gasteiger partial charge is 0.450 e. The molecule has 4 nitrogen and oxygen atoms in total. The SMILES string of the molecule is CCOC(=O)NC(=S)Nc1ccc(Br)cc1. The van der Waals surface area contributed by atoms with Crippen LogP contribution in [0.4, 0.5) is 10.5 Å². The van der Waals surface area contributed by atoms with Crippen LogP contribution in [0.5, 0.6) is 0 Å². The second-order valence-electron chi connectivity index (χ2n) is 2.81. The van der Waals surface area contributed by atoms with Crippen LogP contribution in [0.3, 0.4) is 0 Å². The first-order valence-corrected chi connectivity index (χ1v) is 5.82. The lowest BCUT2D eigenvalue weighted by atomic mass is 10.3. The minimum atomic E-state index is -0.558. The van der Waals surface area contributed by atoms with Gasteiger partial charge in [-0.15, -0.1) is 0 Å². The molecule has 1 aromatic rings. The molecule has 0 saturated heterocycles. The van der Waals surface area contributed by atoms with Gasteiger partial charge in [0.1, 0.15) is 0 Å². The number of anilines is 1. The van der Waals surface area contributed by atoms with E-state index in [4.69, 9.17) is 12.2 Å². The van der Waals surface area contributed by atoms with Gasteiger partial charge in [0.25, 0.3) is 0 Å². The monoisotopic (exact) mass is 302 g/mol. The van der Waals surface area contributed by atoms with Crippen LogP contribution >= 0.6 is 28.1 Å². The summed E-state index contributed by atoms with van der Waals surface area (Å²) < 4.78 is 5.66. The standard InChI is InChI=1S/C10H11BrN2O2S/c1-2-15-10(14)13-9(16)12-8-5-3-7(11)4-6-8/h3-6H,2H2,1H3,(H2,12,13,14,16). The fourth-order valence-electron chi connectivity index (χ4n) is 0.955. The molecule has 0 bridgehead atoms. The molecule has 0 aliphatic carbocycles. The van der Waals surface area contributed by atoms with Gasteiger partial charge in [0.2, 0.25) is 0 Å². The van der Waals surface area contributed by atoms with E-state index in [1.807, 2.05) is 24.3 Å². The average Bonchev–Trinajstić information content (AvgIpc) is 2.21. The third-order valence-corrected chi connectivity index (χ3v) is 2.33. The second-order valence-corrected chi connectivity index (χ2v) is 4.13.